The van der Waals surface area contributed by atoms with E-state index in [0.717, 1.165) is 61.8 Å². The third-order valence-electron chi connectivity index (χ3n) is 7.71. The summed E-state index contributed by atoms with van der Waals surface area (Å²) >= 11 is 0. The van der Waals surface area contributed by atoms with Crippen LogP contribution in [0.4, 0.5) is 26.3 Å². The molecule has 0 radical (unpaired) electrons. The van der Waals surface area contributed by atoms with Gasteiger partial charge in [0.25, 0.3) is 0 Å². The largest absolute Gasteiger partial charge is 0.416 e. The smallest absolute Gasteiger partial charge is 0.166 e. The highest BCUT2D eigenvalue weighted by Crippen LogP contribution is 2.32. The lowest BCUT2D eigenvalue weighted by Crippen LogP contribution is -2.12. The summed E-state index contributed by atoms with van der Waals surface area (Å²) in [6, 6.07) is 10.2. The molecule has 2 aromatic carbocycles. The summed E-state index contributed by atoms with van der Waals surface area (Å²) in [7, 11) is 0. The standard InChI is InChI=1S/C17H19F3.C16H17F3/c1-2-13-3-5-14(6-4-13)7-8-15-9-11-16(12-10-15)17(18,19)20;1-12-2-4-13(5-3-12)6-7-14-8-10-15(11-9-14)16(17,18)19/h9-14H,2-6H2,1H3;8-13H,2-5H2,1H3. The number of hydrogen-bond donors (Lipinski definition) is 0. The molecular formula is C33H36F6. The van der Waals surface area contributed by atoms with E-state index in [4.69, 9.17) is 0 Å². The van der Waals surface area contributed by atoms with Crippen LogP contribution in [-0.4, -0.2) is 0 Å². The second kappa shape index (κ2) is 14.0. The summed E-state index contributed by atoms with van der Waals surface area (Å²) in [5.41, 5.74) is 0.0817. The number of rotatable bonds is 1. The zero-order valence-corrected chi connectivity index (χ0v) is 22.6. The van der Waals surface area contributed by atoms with Crippen LogP contribution in [0, 0.1) is 47.4 Å². The molecule has 2 aliphatic rings. The minimum atomic E-state index is -4.27. The predicted octanol–water partition coefficient (Wildman–Crippen LogP) is 10.2. The second-order valence-corrected chi connectivity index (χ2v) is 10.8. The van der Waals surface area contributed by atoms with Crippen molar-refractivity contribution >= 4 is 0 Å². The second-order valence-electron chi connectivity index (χ2n) is 10.8. The molecule has 0 saturated heterocycles. The zero-order valence-electron chi connectivity index (χ0n) is 22.6. The van der Waals surface area contributed by atoms with Crippen LogP contribution in [0.2, 0.25) is 0 Å². The maximum absolute atomic E-state index is 12.4. The summed E-state index contributed by atoms with van der Waals surface area (Å²) in [6.45, 7) is 4.47. The lowest BCUT2D eigenvalue weighted by molar-refractivity contribution is -0.138. The van der Waals surface area contributed by atoms with Crippen LogP contribution in [0.15, 0.2) is 48.5 Å². The Hall–Kier alpha value is -2.86. The Morgan fingerprint density at radius 3 is 1.28 bits per heavy atom. The van der Waals surface area contributed by atoms with Gasteiger partial charge in [-0.05, 0) is 112 Å². The van der Waals surface area contributed by atoms with E-state index in [1.54, 1.807) is 0 Å². The monoisotopic (exact) mass is 546 g/mol. The van der Waals surface area contributed by atoms with Crippen molar-refractivity contribution in [1.82, 2.24) is 0 Å². The van der Waals surface area contributed by atoms with E-state index in [1.165, 1.54) is 56.4 Å². The lowest BCUT2D eigenvalue weighted by atomic mass is 9.81. The Morgan fingerprint density at radius 1 is 0.590 bits per heavy atom. The van der Waals surface area contributed by atoms with Gasteiger partial charge in [-0.25, -0.2) is 0 Å². The van der Waals surface area contributed by atoms with Gasteiger partial charge in [0.1, 0.15) is 0 Å². The number of alkyl halides is 6. The van der Waals surface area contributed by atoms with E-state index >= 15 is 0 Å². The fraction of sp³-hybridized carbons (Fsp3) is 0.515. The molecule has 4 rings (SSSR count). The predicted molar refractivity (Wildman–Crippen MR) is 144 cm³/mol. The van der Waals surface area contributed by atoms with Gasteiger partial charge < -0.3 is 0 Å². The van der Waals surface area contributed by atoms with Gasteiger partial charge in [-0.15, -0.1) is 0 Å². The van der Waals surface area contributed by atoms with E-state index in [9.17, 15) is 26.3 Å². The molecule has 2 fully saturated rings. The molecule has 0 nitrogen and oxygen atoms in total. The Bertz CT molecular complexity index is 1130. The SMILES string of the molecule is CC1CCC(C#Cc2ccc(C(F)(F)F)cc2)CC1.CCC1CCC(C#Cc2ccc(C(F)(F)F)cc2)CC1. The number of halogens is 6. The highest BCUT2D eigenvalue weighted by Gasteiger charge is 2.30. The van der Waals surface area contributed by atoms with Gasteiger partial charge in [0, 0.05) is 23.0 Å². The average molecular weight is 547 g/mol. The lowest BCUT2D eigenvalue weighted by Gasteiger charge is -2.24. The minimum absolute atomic E-state index is 0.401. The first-order valence-electron chi connectivity index (χ1n) is 13.8. The van der Waals surface area contributed by atoms with E-state index in [2.05, 4.69) is 37.5 Å². The molecule has 0 aliphatic heterocycles. The van der Waals surface area contributed by atoms with Crippen molar-refractivity contribution in [2.75, 3.05) is 0 Å². The van der Waals surface area contributed by atoms with Crippen molar-refractivity contribution in [3.05, 3.63) is 70.8 Å². The molecule has 0 heterocycles. The quantitative estimate of drug-likeness (QED) is 0.247. The maximum Gasteiger partial charge on any atom is 0.416 e. The molecule has 0 unspecified atom stereocenters. The van der Waals surface area contributed by atoms with Crippen molar-refractivity contribution in [1.29, 1.82) is 0 Å². The van der Waals surface area contributed by atoms with Crippen LogP contribution in [0.1, 0.15) is 93.9 Å². The van der Waals surface area contributed by atoms with Crippen molar-refractivity contribution in [3.63, 3.8) is 0 Å². The molecular weight excluding hydrogens is 510 g/mol. The highest BCUT2D eigenvalue weighted by molar-refractivity contribution is 5.38. The van der Waals surface area contributed by atoms with Gasteiger partial charge in [0.05, 0.1) is 11.1 Å². The van der Waals surface area contributed by atoms with Crippen LogP contribution in [0.25, 0.3) is 0 Å². The molecule has 210 valence electrons. The van der Waals surface area contributed by atoms with E-state index in [-0.39, 0.29) is 0 Å². The van der Waals surface area contributed by atoms with E-state index in [1.807, 2.05) is 0 Å². The Labute approximate surface area is 228 Å². The van der Waals surface area contributed by atoms with Gasteiger partial charge in [-0.2, -0.15) is 26.3 Å². The Morgan fingerprint density at radius 2 is 0.949 bits per heavy atom. The minimum Gasteiger partial charge on any atom is -0.166 e. The summed E-state index contributed by atoms with van der Waals surface area (Å²) in [4.78, 5) is 0. The van der Waals surface area contributed by atoms with Gasteiger partial charge in [0.2, 0.25) is 0 Å². The summed E-state index contributed by atoms with van der Waals surface area (Å²) in [6.07, 6.45) is 1.99. The van der Waals surface area contributed by atoms with Crippen LogP contribution in [-0.2, 0) is 12.4 Å². The van der Waals surface area contributed by atoms with E-state index in [0.29, 0.717) is 23.0 Å². The average Bonchev–Trinajstić information content (AvgIpc) is 2.92. The van der Waals surface area contributed by atoms with Crippen LogP contribution < -0.4 is 0 Å². The molecule has 0 aromatic heterocycles. The first-order valence-corrected chi connectivity index (χ1v) is 13.8. The van der Waals surface area contributed by atoms with Gasteiger partial charge in [-0.3, -0.25) is 0 Å². The Balaban J connectivity index is 0.000000216. The molecule has 0 atom stereocenters. The third-order valence-corrected chi connectivity index (χ3v) is 7.71. The fourth-order valence-corrected chi connectivity index (χ4v) is 4.98. The van der Waals surface area contributed by atoms with Crippen LogP contribution >= 0.6 is 0 Å². The molecule has 2 aliphatic carbocycles. The third kappa shape index (κ3) is 10.3. The molecule has 0 N–H and O–H groups in total. The molecule has 0 spiro atoms. The number of benzene rings is 2. The molecule has 6 heteroatoms. The van der Waals surface area contributed by atoms with Crippen molar-refractivity contribution in [3.8, 4) is 23.7 Å². The van der Waals surface area contributed by atoms with Gasteiger partial charge in [-0.1, -0.05) is 44.0 Å². The maximum atomic E-state index is 12.4. The van der Waals surface area contributed by atoms with Crippen molar-refractivity contribution in [2.45, 2.75) is 84.0 Å². The first kappa shape index (κ1) is 30.7. The first-order chi connectivity index (χ1) is 18.4. The van der Waals surface area contributed by atoms with Crippen LogP contribution in [0.5, 0.6) is 0 Å². The van der Waals surface area contributed by atoms with Crippen molar-refractivity contribution < 1.29 is 26.3 Å². The molecule has 2 saturated carbocycles. The fourth-order valence-electron chi connectivity index (χ4n) is 4.98. The number of hydrogen-bond acceptors (Lipinski definition) is 0. The summed E-state index contributed by atoms with van der Waals surface area (Å²) < 4.78 is 74.5. The van der Waals surface area contributed by atoms with E-state index < -0.39 is 23.5 Å². The highest BCUT2D eigenvalue weighted by atomic mass is 19.4. The summed E-state index contributed by atoms with van der Waals surface area (Å²) in [5, 5.41) is 0. The molecule has 0 bridgehead atoms. The molecule has 2 aromatic rings. The molecule has 39 heavy (non-hydrogen) atoms. The zero-order chi connectivity index (χ0) is 28.5. The molecule has 0 amide bonds. The normalized spacial score (nSPS) is 23.3. The van der Waals surface area contributed by atoms with Gasteiger partial charge >= 0.3 is 12.4 Å². The van der Waals surface area contributed by atoms with Gasteiger partial charge in [0.15, 0.2) is 0 Å². The van der Waals surface area contributed by atoms with Crippen molar-refractivity contribution in [2.24, 2.45) is 23.7 Å². The van der Waals surface area contributed by atoms with Crippen LogP contribution in [0.3, 0.4) is 0 Å². The summed E-state index contributed by atoms with van der Waals surface area (Å²) in [5.74, 6) is 14.8. The Kier molecular flexibility index (Phi) is 11.0. The topological polar surface area (TPSA) is 0 Å².